The van der Waals surface area contributed by atoms with Crippen LogP contribution in [0.15, 0.2) is 17.7 Å². The number of hydroxylamine groups is 1. The summed E-state index contributed by atoms with van der Waals surface area (Å²) in [6.45, 7) is 1.23. The summed E-state index contributed by atoms with van der Waals surface area (Å²) in [6.07, 6.45) is 0.855. The molecule has 0 saturated heterocycles. The highest BCUT2D eigenvalue weighted by molar-refractivity contribution is 5.93. The lowest BCUT2D eigenvalue weighted by Crippen LogP contribution is -2.32. The quantitative estimate of drug-likeness (QED) is 0.337. The zero-order valence-corrected chi connectivity index (χ0v) is 11.0. The predicted molar refractivity (Wildman–Crippen MR) is 68.4 cm³/mol. The SMILES string of the molecule is C/C(=C\c1c(F)cc(F)cc1F)C(=O)ONC(=N)N.Cl. The predicted octanol–water partition coefficient (Wildman–Crippen LogP) is 1.87. The maximum Gasteiger partial charge on any atom is 0.358 e. The highest BCUT2D eigenvalue weighted by Crippen LogP contribution is 2.18. The van der Waals surface area contributed by atoms with E-state index in [4.69, 9.17) is 11.1 Å². The van der Waals surface area contributed by atoms with Gasteiger partial charge in [-0.3, -0.25) is 5.41 Å². The standard InChI is InChI=1S/C11H10F3N3O2.ClH/c1-5(10(18)19-17-11(15)16)2-7-8(13)3-6(12)4-9(7)14;/h2-4H,1H3,(H4,15,16,17);1H/b5-2+;. The molecule has 0 aliphatic heterocycles. The zero-order chi connectivity index (χ0) is 14.6. The Morgan fingerprint density at radius 3 is 2.30 bits per heavy atom. The van der Waals surface area contributed by atoms with E-state index in [9.17, 15) is 18.0 Å². The number of carbonyl (C=O) groups is 1. The van der Waals surface area contributed by atoms with Crippen LogP contribution in [0, 0.1) is 22.9 Å². The first kappa shape index (κ1) is 17.8. The van der Waals surface area contributed by atoms with Gasteiger partial charge in [0.05, 0.1) is 0 Å². The van der Waals surface area contributed by atoms with Gasteiger partial charge in [0.15, 0.2) is 0 Å². The molecule has 1 aromatic carbocycles. The third kappa shape index (κ3) is 4.81. The van der Waals surface area contributed by atoms with Crippen LogP contribution in [0.4, 0.5) is 13.2 Å². The van der Waals surface area contributed by atoms with Crippen molar-refractivity contribution in [2.45, 2.75) is 6.92 Å². The minimum absolute atomic E-state index is 0. The van der Waals surface area contributed by atoms with Gasteiger partial charge in [0.2, 0.25) is 5.96 Å². The maximum absolute atomic E-state index is 13.3. The van der Waals surface area contributed by atoms with E-state index in [1.54, 1.807) is 5.48 Å². The number of halogens is 4. The molecule has 0 unspecified atom stereocenters. The van der Waals surface area contributed by atoms with E-state index in [1.165, 1.54) is 6.92 Å². The molecule has 0 radical (unpaired) electrons. The lowest BCUT2D eigenvalue weighted by molar-refractivity contribution is -0.142. The molecule has 1 aromatic rings. The highest BCUT2D eigenvalue weighted by atomic mass is 35.5. The van der Waals surface area contributed by atoms with Gasteiger partial charge < -0.3 is 10.6 Å². The number of rotatable bonds is 2. The van der Waals surface area contributed by atoms with Gasteiger partial charge in [0.25, 0.3) is 0 Å². The van der Waals surface area contributed by atoms with Gasteiger partial charge in [0.1, 0.15) is 17.5 Å². The fourth-order valence-electron chi connectivity index (χ4n) is 1.15. The van der Waals surface area contributed by atoms with Crippen molar-refractivity contribution in [2.75, 3.05) is 0 Å². The monoisotopic (exact) mass is 309 g/mol. The van der Waals surface area contributed by atoms with Crippen molar-refractivity contribution in [2.24, 2.45) is 5.73 Å². The van der Waals surface area contributed by atoms with Gasteiger partial charge >= 0.3 is 5.97 Å². The Balaban J connectivity index is 0.00000361. The summed E-state index contributed by atoms with van der Waals surface area (Å²) in [5.74, 6) is -4.96. The van der Waals surface area contributed by atoms with Crippen LogP contribution < -0.4 is 11.2 Å². The molecule has 0 spiro atoms. The van der Waals surface area contributed by atoms with E-state index in [-0.39, 0.29) is 18.0 Å². The maximum atomic E-state index is 13.3. The number of carbonyl (C=O) groups excluding carboxylic acids is 1. The van der Waals surface area contributed by atoms with Crippen LogP contribution >= 0.6 is 12.4 Å². The first-order valence-corrected chi connectivity index (χ1v) is 4.95. The molecule has 20 heavy (non-hydrogen) atoms. The Hall–Kier alpha value is -2.22. The third-order valence-corrected chi connectivity index (χ3v) is 1.98. The summed E-state index contributed by atoms with van der Waals surface area (Å²) in [4.78, 5) is 15.6. The van der Waals surface area contributed by atoms with Gasteiger partial charge in [-0.2, -0.15) is 5.48 Å². The van der Waals surface area contributed by atoms with Crippen molar-refractivity contribution in [3.05, 3.63) is 40.7 Å². The van der Waals surface area contributed by atoms with E-state index < -0.39 is 34.9 Å². The van der Waals surface area contributed by atoms with Crippen LogP contribution in [0.3, 0.4) is 0 Å². The molecular weight excluding hydrogens is 299 g/mol. The highest BCUT2D eigenvalue weighted by Gasteiger charge is 2.13. The smallest absolute Gasteiger partial charge is 0.358 e. The molecule has 110 valence electrons. The van der Waals surface area contributed by atoms with Crippen molar-refractivity contribution in [3.63, 3.8) is 0 Å². The van der Waals surface area contributed by atoms with Crippen LogP contribution in [0.5, 0.6) is 0 Å². The van der Waals surface area contributed by atoms with Gasteiger partial charge in [-0.15, -0.1) is 12.4 Å². The van der Waals surface area contributed by atoms with Crippen molar-refractivity contribution in [1.82, 2.24) is 5.48 Å². The average Bonchev–Trinajstić information content (AvgIpc) is 2.30. The average molecular weight is 310 g/mol. The molecule has 1 rings (SSSR count). The minimum atomic E-state index is -1.15. The molecule has 4 N–H and O–H groups in total. The molecule has 0 aromatic heterocycles. The number of hydrogen-bond donors (Lipinski definition) is 3. The molecule has 0 fully saturated rings. The Morgan fingerprint density at radius 2 is 1.85 bits per heavy atom. The van der Waals surface area contributed by atoms with Crippen molar-refractivity contribution in [3.8, 4) is 0 Å². The second-order valence-electron chi connectivity index (χ2n) is 3.52. The summed E-state index contributed by atoms with van der Waals surface area (Å²) in [6, 6.07) is 0.975. The lowest BCUT2D eigenvalue weighted by Gasteiger charge is -2.05. The lowest BCUT2D eigenvalue weighted by atomic mass is 10.1. The number of nitrogens with one attached hydrogen (secondary N) is 2. The first-order valence-electron chi connectivity index (χ1n) is 4.95. The molecule has 0 amide bonds. The summed E-state index contributed by atoms with van der Waals surface area (Å²) in [7, 11) is 0. The third-order valence-electron chi connectivity index (χ3n) is 1.98. The van der Waals surface area contributed by atoms with Gasteiger partial charge in [-0.05, 0) is 13.0 Å². The van der Waals surface area contributed by atoms with Gasteiger partial charge in [0, 0.05) is 23.3 Å². The summed E-state index contributed by atoms with van der Waals surface area (Å²) < 4.78 is 39.3. The summed E-state index contributed by atoms with van der Waals surface area (Å²) >= 11 is 0. The normalized spacial score (nSPS) is 10.5. The molecule has 5 nitrogen and oxygen atoms in total. The van der Waals surface area contributed by atoms with Crippen LogP contribution in [0.25, 0.3) is 6.08 Å². The Morgan fingerprint density at radius 1 is 1.35 bits per heavy atom. The number of benzene rings is 1. The molecule has 9 heteroatoms. The van der Waals surface area contributed by atoms with Crippen LogP contribution in [-0.4, -0.2) is 11.9 Å². The molecular formula is C11H11ClF3N3O2. The Kier molecular flexibility index (Phi) is 6.57. The molecule has 0 bridgehead atoms. The Bertz CT molecular complexity index is 541. The molecule has 0 aliphatic carbocycles. The van der Waals surface area contributed by atoms with Crippen molar-refractivity contribution >= 4 is 30.4 Å². The summed E-state index contributed by atoms with van der Waals surface area (Å²) in [5.41, 5.74) is 5.91. The van der Waals surface area contributed by atoms with Crippen molar-refractivity contribution < 1.29 is 22.8 Å². The van der Waals surface area contributed by atoms with E-state index in [0.29, 0.717) is 12.1 Å². The second-order valence-corrected chi connectivity index (χ2v) is 3.52. The molecule has 0 aliphatic rings. The second kappa shape index (κ2) is 7.39. The molecule has 0 atom stereocenters. The topological polar surface area (TPSA) is 88.2 Å². The van der Waals surface area contributed by atoms with Crippen LogP contribution in [0.2, 0.25) is 0 Å². The van der Waals surface area contributed by atoms with Crippen molar-refractivity contribution in [1.29, 1.82) is 5.41 Å². The fraction of sp³-hybridized carbons (Fsp3) is 0.0909. The van der Waals surface area contributed by atoms with E-state index in [1.807, 2.05) is 0 Å². The number of hydrogen-bond acceptors (Lipinski definition) is 3. The first-order chi connectivity index (χ1) is 8.81. The summed E-state index contributed by atoms with van der Waals surface area (Å²) in [5, 5.41) is 6.75. The number of nitrogens with two attached hydrogens (primary N) is 1. The van der Waals surface area contributed by atoms with Crippen LogP contribution in [0.1, 0.15) is 12.5 Å². The fourth-order valence-corrected chi connectivity index (χ4v) is 1.15. The number of guanidine groups is 1. The Labute approximate surface area is 118 Å². The van der Waals surface area contributed by atoms with E-state index in [2.05, 4.69) is 4.84 Å². The largest absolute Gasteiger partial charge is 0.368 e. The minimum Gasteiger partial charge on any atom is -0.368 e. The van der Waals surface area contributed by atoms with Gasteiger partial charge in [-0.25, -0.2) is 18.0 Å². The van der Waals surface area contributed by atoms with Gasteiger partial charge in [-0.1, -0.05) is 0 Å². The zero-order valence-electron chi connectivity index (χ0n) is 10.2. The van der Waals surface area contributed by atoms with Crippen LogP contribution in [-0.2, 0) is 9.63 Å². The molecule has 0 heterocycles. The van der Waals surface area contributed by atoms with E-state index >= 15 is 0 Å². The molecule has 0 saturated carbocycles. The van der Waals surface area contributed by atoms with E-state index in [0.717, 1.165) is 6.08 Å².